The van der Waals surface area contributed by atoms with Crippen LogP contribution < -0.4 is 10.6 Å². The molecule has 0 aromatic carbocycles. The van der Waals surface area contributed by atoms with Crippen molar-refractivity contribution in [2.24, 2.45) is 5.92 Å². The highest BCUT2D eigenvalue weighted by Gasteiger charge is 2.11. The van der Waals surface area contributed by atoms with Crippen LogP contribution in [-0.4, -0.2) is 30.2 Å². The first-order valence-corrected chi connectivity index (χ1v) is 4.26. The second-order valence-electron chi connectivity index (χ2n) is 2.83. The number of rotatable bonds is 5. The van der Waals surface area contributed by atoms with Crippen molar-refractivity contribution in [3.63, 3.8) is 0 Å². The van der Waals surface area contributed by atoms with E-state index in [2.05, 4.69) is 16.6 Å². The zero-order valence-corrected chi connectivity index (χ0v) is 8.04. The fourth-order valence-electron chi connectivity index (χ4n) is 0.644. The molecule has 2 amide bonds. The van der Waals surface area contributed by atoms with Crippen LogP contribution in [0.1, 0.15) is 13.3 Å². The Morgan fingerprint density at radius 1 is 1.50 bits per heavy atom. The number of carboxylic acid groups (broad SMARTS) is 1. The first-order chi connectivity index (χ1) is 6.57. The van der Waals surface area contributed by atoms with Crippen molar-refractivity contribution in [1.29, 1.82) is 0 Å². The molecular formula is C9H14N2O3. The van der Waals surface area contributed by atoms with E-state index in [1.807, 2.05) is 0 Å². The normalized spacial score (nSPS) is 11.1. The topological polar surface area (TPSA) is 78.4 Å². The molecule has 78 valence electrons. The van der Waals surface area contributed by atoms with Gasteiger partial charge in [-0.3, -0.25) is 4.79 Å². The van der Waals surface area contributed by atoms with Crippen LogP contribution in [0.5, 0.6) is 0 Å². The number of hydrogen-bond donors (Lipinski definition) is 3. The standard InChI is InChI=1S/C9H14N2O3/c1-3-4-5-10-9(14)11-6-7(2)8(12)13/h1,7H,4-6H2,2H3,(H,12,13)(H2,10,11,14). The molecule has 5 nitrogen and oxygen atoms in total. The van der Waals surface area contributed by atoms with Gasteiger partial charge in [-0.1, -0.05) is 6.92 Å². The lowest BCUT2D eigenvalue weighted by Gasteiger charge is -2.08. The van der Waals surface area contributed by atoms with Crippen LogP contribution in [0.25, 0.3) is 0 Å². The molecule has 0 aliphatic rings. The van der Waals surface area contributed by atoms with E-state index in [0.29, 0.717) is 13.0 Å². The molecule has 1 atom stereocenters. The van der Waals surface area contributed by atoms with Gasteiger partial charge in [-0.15, -0.1) is 12.3 Å². The van der Waals surface area contributed by atoms with Gasteiger partial charge in [0.05, 0.1) is 5.92 Å². The highest BCUT2D eigenvalue weighted by Crippen LogP contribution is 1.90. The monoisotopic (exact) mass is 198 g/mol. The third-order valence-electron chi connectivity index (χ3n) is 1.55. The van der Waals surface area contributed by atoms with Gasteiger partial charge in [0.25, 0.3) is 0 Å². The van der Waals surface area contributed by atoms with Gasteiger partial charge in [-0.2, -0.15) is 0 Å². The van der Waals surface area contributed by atoms with Crippen molar-refractivity contribution in [1.82, 2.24) is 10.6 Å². The Labute approximate surface area is 82.9 Å². The summed E-state index contributed by atoms with van der Waals surface area (Å²) in [6.45, 7) is 2.02. The SMILES string of the molecule is C#CCCNC(=O)NCC(C)C(=O)O. The second-order valence-corrected chi connectivity index (χ2v) is 2.83. The molecule has 5 heteroatoms. The number of carbonyl (C=O) groups is 2. The predicted octanol–water partition coefficient (Wildman–Crippen LogP) is 0.0296. The molecule has 0 saturated heterocycles. The molecule has 0 aliphatic heterocycles. The van der Waals surface area contributed by atoms with Crippen LogP contribution >= 0.6 is 0 Å². The first-order valence-electron chi connectivity index (χ1n) is 4.26. The molecule has 0 saturated carbocycles. The zero-order valence-electron chi connectivity index (χ0n) is 8.04. The number of aliphatic carboxylic acids is 1. The van der Waals surface area contributed by atoms with E-state index in [9.17, 15) is 9.59 Å². The second kappa shape index (κ2) is 6.78. The van der Waals surface area contributed by atoms with Gasteiger partial charge in [0.15, 0.2) is 0 Å². The molecule has 0 heterocycles. The van der Waals surface area contributed by atoms with Gasteiger partial charge in [0, 0.05) is 19.5 Å². The van der Waals surface area contributed by atoms with E-state index in [1.165, 1.54) is 6.92 Å². The van der Waals surface area contributed by atoms with Crippen molar-refractivity contribution >= 4 is 12.0 Å². The Bertz CT molecular complexity index is 245. The summed E-state index contributed by atoms with van der Waals surface area (Å²) in [6, 6.07) is -0.395. The number of urea groups is 1. The lowest BCUT2D eigenvalue weighted by atomic mass is 10.2. The lowest BCUT2D eigenvalue weighted by Crippen LogP contribution is -2.39. The smallest absolute Gasteiger partial charge is 0.314 e. The Morgan fingerprint density at radius 3 is 2.64 bits per heavy atom. The fourth-order valence-corrected chi connectivity index (χ4v) is 0.644. The average Bonchev–Trinajstić information content (AvgIpc) is 2.14. The number of terminal acetylenes is 1. The largest absolute Gasteiger partial charge is 0.481 e. The van der Waals surface area contributed by atoms with Crippen LogP contribution in [0, 0.1) is 18.3 Å². The van der Waals surface area contributed by atoms with Gasteiger partial charge in [-0.25, -0.2) is 4.79 Å². The van der Waals surface area contributed by atoms with E-state index in [1.54, 1.807) is 0 Å². The Morgan fingerprint density at radius 2 is 2.14 bits per heavy atom. The summed E-state index contributed by atoms with van der Waals surface area (Å²) in [7, 11) is 0. The van der Waals surface area contributed by atoms with Crippen LogP contribution in [-0.2, 0) is 4.79 Å². The van der Waals surface area contributed by atoms with E-state index in [-0.39, 0.29) is 6.54 Å². The van der Waals surface area contributed by atoms with Crippen molar-refractivity contribution in [2.75, 3.05) is 13.1 Å². The van der Waals surface area contributed by atoms with Crippen LogP contribution in [0.3, 0.4) is 0 Å². The van der Waals surface area contributed by atoms with Gasteiger partial charge in [0.1, 0.15) is 0 Å². The van der Waals surface area contributed by atoms with E-state index in [4.69, 9.17) is 11.5 Å². The van der Waals surface area contributed by atoms with Crippen molar-refractivity contribution in [3.05, 3.63) is 0 Å². The molecular weight excluding hydrogens is 184 g/mol. The van der Waals surface area contributed by atoms with E-state index in [0.717, 1.165) is 0 Å². The number of carbonyl (C=O) groups excluding carboxylic acids is 1. The van der Waals surface area contributed by atoms with Crippen molar-refractivity contribution < 1.29 is 14.7 Å². The molecule has 0 rings (SSSR count). The molecule has 3 N–H and O–H groups in total. The minimum atomic E-state index is -0.936. The first kappa shape index (κ1) is 12.3. The summed E-state index contributed by atoms with van der Waals surface area (Å²) in [5.74, 6) is 0.844. The third-order valence-corrected chi connectivity index (χ3v) is 1.55. The van der Waals surface area contributed by atoms with Crippen LogP contribution in [0.2, 0.25) is 0 Å². The molecule has 0 aromatic rings. The average molecular weight is 198 g/mol. The van der Waals surface area contributed by atoms with E-state index >= 15 is 0 Å². The van der Waals surface area contributed by atoms with Crippen LogP contribution in [0.4, 0.5) is 4.79 Å². The lowest BCUT2D eigenvalue weighted by molar-refractivity contribution is -0.140. The molecule has 0 bridgehead atoms. The number of hydrogen-bond acceptors (Lipinski definition) is 2. The number of amides is 2. The third kappa shape index (κ3) is 5.89. The maximum absolute atomic E-state index is 11.0. The summed E-state index contributed by atoms with van der Waals surface area (Å²) >= 11 is 0. The molecule has 0 fully saturated rings. The zero-order chi connectivity index (χ0) is 11.0. The minimum absolute atomic E-state index is 0.108. The highest BCUT2D eigenvalue weighted by molar-refractivity contribution is 5.75. The Balaban J connectivity index is 3.54. The maximum atomic E-state index is 11.0. The Hall–Kier alpha value is -1.70. The van der Waals surface area contributed by atoms with Crippen molar-refractivity contribution in [2.45, 2.75) is 13.3 Å². The maximum Gasteiger partial charge on any atom is 0.314 e. The summed E-state index contributed by atoms with van der Waals surface area (Å²) in [5.41, 5.74) is 0. The van der Waals surface area contributed by atoms with Gasteiger partial charge < -0.3 is 15.7 Å². The minimum Gasteiger partial charge on any atom is -0.481 e. The summed E-state index contributed by atoms with van der Waals surface area (Å²) in [4.78, 5) is 21.3. The van der Waals surface area contributed by atoms with Crippen LogP contribution in [0.15, 0.2) is 0 Å². The number of nitrogens with one attached hydrogen (secondary N) is 2. The summed E-state index contributed by atoms with van der Waals surface area (Å²) in [5, 5.41) is 13.4. The Kier molecular flexibility index (Phi) is 5.95. The summed E-state index contributed by atoms with van der Waals surface area (Å²) < 4.78 is 0. The highest BCUT2D eigenvalue weighted by atomic mass is 16.4. The number of carboxylic acids is 1. The van der Waals surface area contributed by atoms with Gasteiger partial charge in [0.2, 0.25) is 0 Å². The predicted molar refractivity (Wildman–Crippen MR) is 51.7 cm³/mol. The van der Waals surface area contributed by atoms with Crippen molar-refractivity contribution in [3.8, 4) is 12.3 Å². The molecule has 0 radical (unpaired) electrons. The molecule has 14 heavy (non-hydrogen) atoms. The molecule has 1 unspecified atom stereocenters. The fraction of sp³-hybridized carbons (Fsp3) is 0.556. The molecule has 0 spiro atoms. The van der Waals surface area contributed by atoms with Gasteiger partial charge >= 0.3 is 12.0 Å². The molecule has 0 aromatic heterocycles. The quantitative estimate of drug-likeness (QED) is 0.431. The van der Waals surface area contributed by atoms with Gasteiger partial charge in [-0.05, 0) is 0 Å². The molecule has 0 aliphatic carbocycles. The van der Waals surface area contributed by atoms with E-state index < -0.39 is 17.9 Å². The summed E-state index contributed by atoms with van der Waals surface area (Å²) in [6.07, 6.45) is 5.44.